The van der Waals surface area contributed by atoms with Crippen molar-refractivity contribution < 1.29 is 9.84 Å². The molecule has 0 radical (unpaired) electrons. The summed E-state index contributed by atoms with van der Waals surface area (Å²) in [4.78, 5) is 11.9. The van der Waals surface area contributed by atoms with Crippen molar-refractivity contribution in [1.29, 1.82) is 0 Å². The van der Waals surface area contributed by atoms with Crippen LogP contribution in [0.25, 0.3) is 10.9 Å². The molecule has 1 N–H and O–H groups in total. The number of ether oxygens (including phenoxy) is 1. The molecule has 0 amide bonds. The van der Waals surface area contributed by atoms with E-state index >= 15 is 0 Å². The molecule has 4 rings (SSSR count). The highest BCUT2D eigenvalue weighted by atomic mass is 16.5. The average molecular weight is 299 g/mol. The van der Waals surface area contributed by atoms with Gasteiger partial charge in [-0.1, -0.05) is 0 Å². The Labute approximate surface area is 129 Å². The average Bonchev–Trinajstić information content (AvgIpc) is 2.78. The molecule has 3 heterocycles. The van der Waals surface area contributed by atoms with Crippen LogP contribution in [0, 0.1) is 6.92 Å². The molecule has 1 unspecified atom stereocenters. The number of benzene rings is 1. The second-order valence-corrected chi connectivity index (χ2v) is 6.41. The standard InChI is InChI=1S/C17H21N3O2/c1-10-15-6-5-14(22-2)9-16(15)19-17(18-10)20-11-3-4-12(20)8-13(21)7-11/h5-6,9,11-13,21H,3-4,7-8H2,1-2H3/t11-,12+,13?. The predicted molar refractivity (Wildman–Crippen MR) is 85.4 cm³/mol. The second kappa shape index (κ2) is 5.09. The van der Waals surface area contributed by atoms with Crippen molar-refractivity contribution in [3.8, 4) is 5.75 Å². The van der Waals surface area contributed by atoms with E-state index in [2.05, 4.69) is 4.90 Å². The second-order valence-electron chi connectivity index (χ2n) is 6.41. The lowest BCUT2D eigenvalue weighted by Gasteiger charge is -2.37. The van der Waals surface area contributed by atoms with Crippen LogP contribution in [0.15, 0.2) is 18.2 Å². The summed E-state index contributed by atoms with van der Waals surface area (Å²) in [6, 6.07) is 6.67. The van der Waals surface area contributed by atoms with E-state index in [1.165, 1.54) is 0 Å². The molecule has 116 valence electrons. The van der Waals surface area contributed by atoms with Gasteiger partial charge in [-0.3, -0.25) is 0 Å². The molecule has 2 aromatic rings. The van der Waals surface area contributed by atoms with Crippen LogP contribution in [0.2, 0.25) is 0 Å². The number of fused-ring (bicyclic) bond motifs is 3. The number of methoxy groups -OCH3 is 1. The first-order chi connectivity index (χ1) is 10.7. The van der Waals surface area contributed by atoms with Gasteiger partial charge in [0.2, 0.25) is 5.95 Å². The van der Waals surface area contributed by atoms with E-state index < -0.39 is 0 Å². The Balaban J connectivity index is 1.79. The van der Waals surface area contributed by atoms with Gasteiger partial charge in [0.25, 0.3) is 0 Å². The lowest BCUT2D eigenvalue weighted by atomic mass is 10.0. The summed E-state index contributed by atoms with van der Waals surface area (Å²) in [5.74, 6) is 1.62. The number of hydrogen-bond acceptors (Lipinski definition) is 5. The monoisotopic (exact) mass is 299 g/mol. The molecule has 2 aliphatic heterocycles. The van der Waals surface area contributed by atoms with E-state index in [4.69, 9.17) is 14.7 Å². The van der Waals surface area contributed by atoms with E-state index in [1.54, 1.807) is 7.11 Å². The fourth-order valence-corrected chi connectivity index (χ4v) is 3.97. The van der Waals surface area contributed by atoms with E-state index in [1.807, 2.05) is 25.1 Å². The molecule has 22 heavy (non-hydrogen) atoms. The number of aliphatic hydroxyl groups excluding tert-OH is 1. The van der Waals surface area contributed by atoms with E-state index in [0.29, 0.717) is 12.1 Å². The van der Waals surface area contributed by atoms with Gasteiger partial charge in [0.05, 0.1) is 24.4 Å². The Hall–Kier alpha value is -1.88. The number of aromatic nitrogens is 2. The first-order valence-electron chi connectivity index (χ1n) is 7.94. The highest BCUT2D eigenvalue weighted by Crippen LogP contribution is 2.38. The van der Waals surface area contributed by atoms with Crippen LogP contribution >= 0.6 is 0 Å². The molecular weight excluding hydrogens is 278 g/mol. The molecule has 1 aromatic carbocycles. The molecule has 1 aromatic heterocycles. The number of nitrogens with zero attached hydrogens (tertiary/aromatic N) is 3. The number of aryl methyl sites for hydroxylation is 1. The summed E-state index contributed by atoms with van der Waals surface area (Å²) in [5.41, 5.74) is 1.92. The van der Waals surface area contributed by atoms with Gasteiger partial charge in [-0.2, -0.15) is 0 Å². The van der Waals surface area contributed by atoms with Crippen LogP contribution in [-0.4, -0.2) is 40.4 Å². The van der Waals surface area contributed by atoms with Gasteiger partial charge in [-0.15, -0.1) is 0 Å². The SMILES string of the molecule is COc1ccc2c(C)nc(N3[C@@H]4CC[C@H]3CC(O)C4)nc2c1. The zero-order valence-electron chi connectivity index (χ0n) is 13.0. The molecule has 3 atom stereocenters. The van der Waals surface area contributed by atoms with Crippen molar-refractivity contribution in [2.75, 3.05) is 12.0 Å². The van der Waals surface area contributed by atoms with Gasteiger partial charge < -0.3 is 14.7 Å². The summed E-state index contributed by atoms with van der Waals surface area (Å²) in [5, 5.41) is 11.0. The first-order valence-corrected chi connectivity index (χ1v) is 7.94. The topological polar surface area (TPSA) is 58.5 Å². The van der Waals surface area contributed by atoms with Crippen molar-refractivity contribution in [2.45, 2.75) is 50.8 Å². The Morgan fingerprint density at radius 1 is 1.18 bits per heavy atom. The van der Waals surface area contributed by atoms with E-state index in [-0.39, 0.29) is 6.10 Å². The van der Waals surface area contributed by atoms with Crippen LogP contribution < -0.4 is 9.64 Å². The third-order valence-corrected chi connectivity index (χ3v) is 5.02. The van der Waals surface area contributed by atoms with Crippen molar-refractivity contribution in [3.05, 3.63) is 23.9 Å². The number of aliphatic hydroxyl groups is 1. The molecule has 0 saturated carbocycles. The molecule has 2 aliphatic rings. The number of rotatable bonds is 2. The third-order valence-electron chi connectivity index (χ3n) is 5.02. The molecule has 0 spiro atoms. The highest BCUT2D eigenvalue weighted by Gasteiger charge is 2.41. The first kappa shape index (κ1) is 13.8. The Kier molecular flexibility index (Phi) is 3.18. The highest BCUT2D eigenvalue weighted by molar-refractivity contribution is 5.83. The van der Waals surface area contributed by atoms with Crippen LogP contribution in [0.1, 0.15) is 31.4 Å². The van der Waals surface area contributed by atoms with Gasteiger partial charge in [0, 0.05) is 23.5 Å². The zero-order valence-corrected chi connectivity index (χ0v) is 13.0. The molecule has 2 saturated heterocycles. The summed E-state index contributed by atoms with van der Waals surface area (Å²) in [7, 11) is 1.67. The van der Waals surface area contributed by atoms with Crippen LogP contribution in [0.4, 0.5) is 5.95 Å². The van der Waals surface area contributed by atoms with Gasteiger partial charge >= 0.3 is 0 Å². The summed E-state index contributed by atoms with van der Waals surface area (Å²) in [6.07, 6.45) is 3.74. The maximum atomic E-state index is 9.97. The maximum Gasteiger partial charge on any atom is 0.226 e. The Morgan fingerprint density at radius 3 is 2.59 bits per heavy atom. The molecule has 2 bridgehead atoms. The fourth-order valence-electron chi connectivity index (χ4n) is 3.97. The third kappa shape index (κ3) is 2.11. The van der Waals surface area contributed by atoms with Crippen molar-refractivity contribution >= 4 is 16.9 Å². The van der Waals surface area contributed by atoms with Crippen molar-refractivity contribution in [3.63, 3.8) is 0 Å². The Morgan fingerprint density at radius 2 is 1.91 bits per heavy atom. The van der Waals surface area contributed by atoms with Crippen molar-refractivity contribution in [1.82, 2.24) is 9.97 Å². The van der Waals surface area contributed by atoms with Gasteiger partial charge in [0.1, 0.15) is 5.75 Å². The Bertz CT molecular complexity index is 704. The van der Waals surface area contributed by atoms with Gasteiger partial charge in [-0.25, -0.2) is 9.97 Å². The van der Waals surface area contributed by atoms with E-state index in [0.717, 1.165) is 54.0 Å². The number of hydrogen-bond donors (Lipinski definition) is 1. The minimum Gasteiger partial charge on any atom is -0.497 e. The molecule has 5 heteroatoms. The fraction of sp³-hybridized carbons (Fsp3) is 0.529. The number of anilines is 1. The normalized spacial score (nSPS) is 27.4. The van der Waals surface area contributed by atoms with Crippen LogP contribution in [0.5, 0.6) is 5.75 Å². The lowest BCUT2D eigenvalue weighted by molar-refractivity contribution is 0.125. The quantitative estimate of drug-likeness (QED) is 0.923. The predicted octanol–water partition coefficient (Wildman–Crippen LogP) is 2.44. The minimum absolute atomic E-state index is 0.171. The molecule has 2 fully saturated rings. The smallest absolute Gasteiger partial charge is 0.226 e. The zero-order chi connectivity index (χ0) is 15.3. The van der Waals surface area contributed by atoms with Crippen LogP contribution in [0.3, 0.4) is 0 Å². The summed E-state index contributed by atoms with van der Waals surface area (Å²) >= 11 is 0. The minimum atomic E-state index is -0.171. The molecule has 0 aliphatic carbocycles. The summed E-state index contributed by atoms with van der Waals surface area (Å²) in [6.45, 7) is 2.03. The van der Waals surface area contributed by atoms with Crippen LogP contribution in [-0.2, 0) is 0 Å². The van der Waals surface area contributed by atoms with Gasteiger partial charge in [-0.05, 0) is 44.7 Å². The molecular formula is C17H21N3O2. The maximum absolute atomic E-state index is 9.97. The number of piperidine rings is 1. The van der Waals surface area contributed by atoms with E-state index in [9.17, 15) is 5.11 Å². The molecule has 5 nitrogen and oxygen atoms in total. The largest absolute Gasteiger partial charge is 0.497 e. The lowest BCUT2D eigenvalue weighted by Crippen LogP contribution is -2.45. The van der Waals surface area contributed by atoms with Gasteiger partial charge in [0.15, 0.2) is 0 Å². The summed E-state index contributed by atoms with van der Waals surface area (Å²) < 4.78 is 5.31. The van der Waals surface area contributed by atoms with Crippen molar-refractivity contribution in [2.24, 2.45) is 0 Å².